The molecule has 0 amide bonds. The van der Waals surface area contributed by atoms with Gasteiger partial charge < -0.3 is 10.6 Å². The van der Waals surface area contributed by atoms with Crippen LogP contribution >= 0.6 is 0 Å². The van der Waals surface area contributed by atoms with Gasteiger partial charge in [-0.3, -0.25) is 0 Å². The molecule has 26 heavy (non-hydrogen) atoms. The predicted molar refractivity (Wildman–Crippen MR) is 98.9 cm³/mol. The van der Waals surface area contributed by atoms with Crippen LogP contribution in [0, 0.1) is 11.6 Å². The Hall–Kier alpha value is -3.54. The summed E-state index contributed by atoms with van der Waals surface area (Å²) in [6, 6.07) is 19.8. The van der Waals surface area contributed by atoms with Crippen LogP contribution in [-0.2, 0) is 0 Å². The summed E-state index contributed by atoms with van der Waals surface area (Å²) in [5.74, 6) is -0.229. The molecule has 128 valence electrons. The van der Waals surface area contributed by atoms with Crippen molar-refractivity contribution in [1.82, 2.24) is 9.97 Å². The Labute approximate surface area is 148 Å². The number of nitrogens with zero attached hydrogens (tertiary/aromatic N) is 2. The highest BCUT2D eigenvalue weighted by atomic mass is 19.1. The summed E-state index contributed by atoms with van der Waals surface area (Å²) >= 11 is 0. The maximum absolute atomic E-state index is 14.0. The third-order valence-electron chi connectivity index (χ3n) is 3.82. The van der Waals surface area contributed by atoms with Gasteiger partial charge in [0.05, 0.1) is 22.4 Å². The van der Waals surface area contributed by atoms with Gasteiger partial charge in [-0.15, -0.1) is 0 Å². The Balaban J connectivity index is 1.81. The molecule has 6 heteroatoms. The van der Waals surface area contributed by atoms with Crippen molar-refractivity contribution in [3.8, 4) is 0 Å². The maximum Gasteiger partial charge on any atom is 0.174 e. The minimum Gasteiger partial charge on any atom is -0.335 e. The van der Waals surface area contributed by atoms with Crippen molar-refractivity contribution in [2.45, 2.75) is 0 Å². The average molecular weight is 348 g/mol. The summed E-state index contributed by atoms with van der Waals surface area (Å²) in [5, 5.41) is 5.88. The minimum absolute atomic E-state index is 0.258. The molecule has 4 rings (SSSR count). The van der Waals surface area contributed by atoms with Gasteiger partial charge in [0.15, 0.2) is 11.6 Å². The minimum atomic E-state index is -0.417. The monoisotopic (exact) mass is 348 g/mol. The van der Waals surface area contributed by atoms with Crippen LogP contribution in [0.15, 0.2) is 72.8 Å². The Morgan fingerprint density at radius 3 is 1.35 bits per heavy atom. The highest BCUT2D eigenvalue weighted by molar-refractivity contribution is 5.83. The molecule has 0 fully saturated rings. The van der Waals surface area contributed by atoms with Crippen molar-refractivity contribution in [3.63, 3.8) is 0 Å². The molecular formula is C20H14F2N4. The fraction of sp³-hybridized carbons (Fsp3) is 0. The number of nitrogens with one attached hydrogen (secondary N) is 2. The number of aromatic nitrogens is 2. The molecule has 0 radical (unpaired) electrons. The lowest BCUT2D eigenvalue weighted by Crippen LogP contribution is -2.05. The first-order chi connectivity index (χ1) is 12.7. The van der Waals surface area contributed by atoms with Crippen LogP contribution in [0.5, 0.6) is 0 Å². The van der Waals surface area contributed by atoms with E-state index in [-0.39, 0.29) is 11.4 Å². The van der Waals surface area contributed by atoms with E-state index in [0.717, 1.165) is 0 Å². The van der Waals surface area contributed by atoms with Gasteiger partial charge in [0.25, 0.3) is 0 Å². The van der Waals surface area contributed by atoms with Gasteiger partial charge in [-0.1, -0.05) is 36.4 Å². The molecule has 0 saturated carbocycles. The smallest absolute Gasteiger partial charge is 0.174 e. The molecule has 2 N–H and O–H groups in total. The van der Waals surface area contributed by atoms with Crippen LogP contribution in [0.2, 0.25) is 0 Å². The molecule has 0 aliphatic rings. The molecule has 0 aliphatic carbocycles. The lowest BCUT2D eigenvalue weighted by Gasteiger charge is -2.14. The van der Waals surface area contributed by atoms with Gasteiger partial charge in [-0.05, 0) is 36.4 Å². The van der Waals surface area contributed by atoms with Gasteiger partial charge in [-0.2, -0.15) is 0 Å². The van der Waals surface area contributed by atoms with E-state index >= 15 is 0 Å². The lowest BCUT2D eigenvalue weighted by molar-refractivity contribution is 0.631. The van der Waals surface area contributed by atoms with E-state index in [1.165, 1.54) is 12.1 Å². The average Bonchev–Trinajstić information content (AvgIpc) is 2.66. The zero-order valence-electron chi connectivity index (χ0n) is 13.6. The number of fused-ring (bicyclic) bond motifs is 1. The van der Waals surface area contributed by atoms with Gasteiger partial charge in [-0.25, -0.2) is 18.7 Å². The van der Waals surface area contributed by atoms with Crippen LogP contribution in [-0.4, -0.2) is 9.97 Å². The van der Waals surface area contributed by atoms with Crippen LogP contribution in [0.1, 0.15) is 0 Å². The summed E-state index contributed by atoms with van der Waals surface area (Å²) in [5.41, 5.74) is 1.80. The molecule has 0 unspecified atom stereocenters. The SMILES string of the molecule is Fc1ccccc1Nc1nc2ccccc2nc1Nc1ccccc1F. The third kappa shape index (κ3) is 3.17. The number of anilines is 4. The van der Waals surface area contributed by atoms with Crippen molar-refractivity contribution >= 4 is 34.0 Å². The van der Waals surface area contributed by atoms with E-state index in [9.17, 15) is 8.78 Å². The van der Waals surface area contributed by atoms with Crippen molar-refractivity contribution < 1.29 is 8.78 Å². The number of benzene rings is 3. The van der Waals surface area contributed by atoms with Crippen LogP contribution in [0.25, 0.3) is 11.0 Å². The van der Waals surface area contributed by atoms with Gasteiger partial charge in [0, 0.05) is 0 Å². The van der Waals surface area contributed by atoms with Crippen molar-refractivity contribution in [3.05, 3.63) is 84.4 Å². The Morgan fingerprint density at radius 1 is 0.538 bits per heavy atom. The fourth-order valence-electron chi connectivity index (χ4n) is 2.55. The molecule has 1 heterocycles. The first-order valence-corrected chi connectivity index (χ1v) is 8.00. The van der Waals surface area contributed by atoms with Gasteiger partial charge in [0.2, 0.25) is 0 Å². The van der Waals surface area contributed by atoms with E-state index in [1.807, 2.05) is 24.3 Å². The second-order valence-electron chi connectivity index (χ2n) is 5.62. The molecular weight excluding hydrogens is 334 g/mol. The topological polar surface area (TPSA) is 49.8 Å². The van der Waals surface area contributed by atoms with E-state index < -0.39 is 11.6 Å². The number of hydrogen-bond acceptors (Lipinski definition) is 4. The second-order valence-corrected chi connectivity index (χ2v) is 5.62. The molecule has 4 nitrogen and oxygen atoms in total. The Bertz CT molecular complexity index is 996. The molecule has 1 aromatic heterocycles. The lowest BCUT2D eigenvalue weighted by atomic mass is 10.2. The summed E-state index contributed by atoms with van der Waals surface area (Å²) in [7, 11) is 0. The van der Waals surface area contributed by atoms with Crippen molar-refractivity contribution in [2.24, 2.45) is 0 Å². The molecule has 0 atom stereocenters. The molecule has 0 aliphatic heterocycles. The van der Waals surface area contributed by atoms with Crippen LogP contribution < -0.4 is 10.6 Å². The van der Waals surface area contributed by atoms with Gasteiger partial charge >= 0.3 is 0 Å². The summed E-state index contributed by atoms with van der Waals surface area (Å²) < 4.78 is 28.0. The van der Waals surface area contributed by atoms with Crippen molar-refractivity contribution in [2.75, 3.05) is 10.6 Å². The highest BCUT2D eigenvalue weighted by Gasteiger charge is 2.13. The molecule has 0 saturated heterocycles. The third-order valence-corrected chi connectivity index (χ3v) is 3.82. The number of rotatable bonds is 4. The van der Waals surface area contributed by atoms with E-state index in [2.05, 4.69) is 20.6 Å². The molecule has 3 aromatic carbocycles. The zero-order chi connectivity index (χ0) is 17.9. The molecule has 0 spiro atoms. The van der Waals surface area contributed by atoms with E-state index in [0.29, 0.717) is 22.7 Å². The Kier molecular flexibility index (Phi) is 4.15. The summed E-state index contributed by atoms with van der Waals surface area (Å²) in [4.78, 5) is 9.02. The van der Waals surface area contributed by atoms with E-state index in [1.54, 1.807) is 36.4 Å². The maximum atomic E-state index is 14.0. The first kappa shape index (κ1) is 16.0. The summed E-state index contributed by atoms with van der Waals surface area (Å²) in [6.07, 6.45) is 0. The fourth-order valence-corrected chi connectivity index (χ4v) is 2.55. The van der Waals surface area contributed by atoms with Gasteiger partial charge in [0.1, 0.15) is 11.6 Å². The Morgan fingerprint density at radius 2 is 0.923 bits per heavy atom. The van der Waals surface area contributed by atoms with Crippen LogP contribution in [0.4, 0.5) is 31.8 Å². The quantitative estimate of drug-likeness (QED) is 0.519. The standard InChI is InChI=1S/C20H14F2N4/c21-13-7-1-3-9-15(13)23-19-20(24-16-10-4-2-8-14(16)22)26-18-12-6-5-11-17(18)25-19/h1-12H,(H,23,25)(H,24,26). The first-order valence-electron chi connectivity index (χ1n) is 8.00. The van der Waals surface area contributed by atoms with E-state index in [4.69, 9.17) is 0 Å². The second kappa shape index (κ2) is 6.76. The largest absolute Gasteiger partial charge is 0.335 e. The number of para-hydroxylation sites is 4. The predicted octanol–water partition coefficient (Wildman–Crippen LogP) is 5.40. The zero-order valence-corrected chi connectivity index (χ0v) is 13.6. The number of halogens is 2. The van der Waals surface area contributed by atoms with Crippen molar-refractivity contribution in [1.29, 1.82) is 0 Å². The van der Waals surface area contributed by atoms with Crippen LogP contribution in [0.3, 0.4) is 0 Å². The normalized spacial score (nSPS) is 10.7. The highest BCUT2D eigenvalue weighted by Crippen LogP contribution is 2.29. The molecule has 0 bridgehead atoms. The molecule has 4 aromatic rings. The number of hydrogen-bond donors (Lipinski definition) is 2. The summed E-state index contributed by atoms with van der Waals surface area (Å²) in [6.45, 7) is 0.